The third-order valence-electron chi connectivity index (χ3n) is 3.86. The monoisotopic (exact) mass is 237 g/mol. The quantitative estimate of drug-likeness (QED) is 0.855. The lowest BCUT2D eigenvalue weighted by molar-refractivity contribution is 0.264. The first-order chi connectivity index (χ1) is 8.35. The van der Waals surface area contributed by atoms with Gasteiger partial charge in [0.15, 0.2) is 5.82 Å². The third kappa shape index (κ3) is 3.06. The summed E-state index contributed by atoms with van der Waals surface area (Å²) in [5, 5.41) is 17.4. The first-order valence-corrected chi connectivity index (χ1v) is 6.87. The van der Waals surface area contributed by atoms with E-state index in [2.05, 4.69) is 17.1 Å². The predicted octanol–water partition coefficient (Wildman–Crippen LogP) is 2.30. The van der Waals surface area contributed by atoms with Crippen molar-refractivity contribution in [2.45, 2.75) is 65.0 Å². The molecule has 17 heavy (non-hydrogen) atoms. The van der Waals surface area contributed by atoms with Crippen LogP contribution in [0.25, 0.3) is 0 Å². The van der Waals surface area contributed by atoms with E-state index in [0.29, 0.717) is 5.82 Å². The summed E-state index contributed by atoms with van der Waals surface area (Å²) in [6.07, 6.45) is 9.20. The summed E-state index contributed by atoms with van der Waals surface area (Å²) in [5.74, 6) is 2.62. The van der Waals surface area contributed by atoms with Crippen molar-refractivity contribution in [2.75, 3.05) is 0 Å². The van der Waals surface area contributed by atoms with E-state index in [9.17, 15) is 0 Å². The maximum Gasteiger partial charge on any atom is 0.158 e. The van der Waals surface area contributed by atoms with E-state index in [1.54, 1.807) is 0 Å². The van der Waals surface area contributed by atoms with Gasteiger partial charge in [-0.3, -0.25) is 0 Å². The van der Waals surface area contributed by atoms with Crippen LogP contribution in [0.2, 0.25) is 0 Å². The zero-order chi connectivity index (χ0) is 12.1. The van der Waals surface area contributed by atoms with Gasteiger partial charge < -0.3 is 9.67 Å². The first-order valence-electron chi connectivity index (χ1n) is 6.87. The van der Waals surface area contributed by atoms with Crippen molar-refractivity contribution >= 4 is 0 Å². The molecule has 1 N–H and O–H groups in total. The molecule has 0 aromatic carbocycles. The second-order valence-corrected chi connectivity index (χ2v) is 4.98. The molecule has 0 amide bonds. The Bertz CT molecular complexity index is 342. The Kier molecular flexibility index (Phi) is 4.54. The molecule has 1 fully saturated rings. The fourth-order valence-electron chi connectivity index (χ4n) is 2.85. The highest BCUT2D eigenvalue weighted by atomic mass is 16.3. The number of rotatable bonds is 5. The summed E-state index contributed by atoms with van der Waals surface area (Å²) in [5.41, 5.74) is 0. The van der Waals surface area contributed by atoms with Crippen LogP contribution >= 0.6 is 0 Å². The fraction of sp³-hybridized carbons (Fsp3) is 0.846. The highest BCUT2D eigenvalue weighted by Gasteiger charge is 2.16. The molecule has 1 aliphatic rings. The van der Waals surface area contributed by atoms with Gasteiger partial charge in [0.05, 0.1) is 0 Å². The number of aryl methyl sites for hydroxylation is 1. The standard InChI is InChI=1S/C13H23N3O/c1-2-16-12(14-15-13(16)10-17)9-8-11-6-4-3-5-7-11/h11,17H,2-10H2,1H3. The van der Waals surface area contributed by atoms with Crippen LogP contribution in [0, 0.1) is 5.92 Å². The minimum atomic E-state index is -0.00965. The minimum absolute atomic E-state index is 0.00965. The molecule has 2 rings (SSSR count). The van der Waals surface area contributed by atoms with E-state index in [-0.39, 0.29) is 6.61 Å². The number of aliphatic hydroxyl groups is 1. The second-order valence-electron chi connectivity index (χ2n) is 4.98. The van der Waals surface area contributed by atoms with Crippen molar-refractivity contribution in [3.63, 3.8) is 0 Å². The van der Waals surface area contributed by atoms with Gasteiger partial charge in [0, 0.05) is 13.0 Å². The summed E-state index contributed by atoms with van der Waals surface area (Å²) in [6, 6.07) is 0. The molecule has 1 aliphatic carbocycles. The molecule has 0 saturated heterocycles. The van der Waals surface area contributed by atoms with Crippen LogP contribution in [0.5, 0.6) is 0 Å². The third-order valence-corrected chi connectivity index (χ3v) is 3.86. The Balaban J connectivity index is 1.91. The van der Waals surface area contributed by atoms with Crippen LogP contribution in [0.15, 0.2) is 0 Å². The molecule has 96 valence electrons. The van der Waals surface area contributed by atoms with Gasteiger partial charge in [-0.15, -0.1) is 10.2 Å². The molecule has 0 spiro atoms. The molecule has 0 unspecified atom stereocenters. The summed E-state index contributed by atoms with van der Waals surface area (Å²) < 4.78 is 2.04. The molecule has 0 aliphatic heterocycles. The van der Waals surface area contributed by atoms with E-state index < -0.39 is 0 Å². The summed E-state index contributed by atoms with van der Waals surface area (Å²) in [7, 11) is 0. The topological polar surface area (TPSA) is 50.9 Å². The van der Waals surface area contributed by atoms with E-state index >= 15 is 0 Å². The highest BCUT2D eigenvalue weighted by molar-refractivity contribution is 4.95. The minimum Gasteiger partial charge on any atom is -0.388 e. The number of hydrogen-bond donors (Lipinski definition) is 1. The maximum atomic E-state index is 9.16. The Morgan fingerprint density at radius 1 is 1.18 bits per heavy atom. The Morgan fingerprint density at radius 2 is 1.88 bits per heavy atom. The average molecular weight is 237 g/mol. The van der Waals surface area contributed by atoms with Crippen LogP contribution in [-0.4, -0.2) is 19.9 Å². The first kappa shape index (κ1) is 12.6. The maximum absolute atomic E-state index is 9.16. The molecule has 1 aromatic rings. The van der Waals surface area contributed by atoms with Crippen molar-refractivity contribution in [3.05, 3.63) is 11.6 Å². The molecule has 1 saturated carbocycles. The highest BCUT2D eigenvalue weighted by Crippen LogP contribution is 2.27. The van der Waals surface area contributed by atoms with Crippen LogP contribution in [-0.2, 0) is 19.6 Å². The number of aliphatic hydroxyl groups excluding tert-OH is 1. The van der Waals surface area contributed by atoms with E-state index in [1.165, 1.54) is 38.5 Å². The molecule has 4 nitrogen and oxygen atoms in total. The van der Waals surface area contributed by atoms with Gasteiger partial charge in [-0.25, -0.2) is 0 Å². The van der Waals surface area contributed by atoms with E-state index in [4.69, 9.17) is 5.11 Å². The normalized spacial score (nSPS) is 17.5. The largest absolute Gasteiger partial charge is 0.388 e. The summed E-state index contributed by atoms with van der Waals surface area (Å²) >= 11 is 0. The van der Waals surface area contributed by atoms with Crippen LogP contribution in [0.3, 0.4) is 0 Å². The lowest BCUT2D eigenvalue weighted by atomic mass is 9.86. The zero-order valence-corrected chi connectivity index (χ0v) is 10.7. The second kappa shape index (κ2) is 6.15. The number of nitrogens with zero attached hydrogens (tertiary/aromatic N) is 3. The van der Waals surface area contributed by atoms with Crippen LogP contribution in [0.1, 0.15) is 57.1 Å². The van der Waals surface area contributed by atoms with Gasteiger partial charge >= 0.3 is 0 Å². The van der Waals surface area contributed by atoms with Crippen LogP contribution in [0.4, 0.5) is 0 Å². The van der Waals surface area contributed by atoms with Gasteiger partial charge in [-0.2, -0.15) is 0 Å². The van der Waals surface area contributed by atoms with E-state index in [1.807, 2.05) is 4.57 Å². The smallest absolute Gasteiger partial charge is 0.158 e. The summed E-state index contributed by atoms with van der Waals surface area (Å²) in [4.78, 5) is 0. The molecule has 0 radical (unpaired) electrons. The van der Waals surface area contributed by atoms with E-state index in [0.717, 1.165) is 24.7 Å². The molecular weight excluding hydrogens is 214 g/mol. The van der Waals surface area contributed by atoms with Crippen molar-refractivity contribution in [3.8, 4) is 0 Å². The molecule has 1 heterocycles. The van der Waals surface area contributed by atoms with Crippen molar-refractivity contribution in [1.82, 2.24) is 14.8 Å². The fourth-order valence-corrected chi connectivity index (χ4v) is 2.85. The lowest BCUT2D eigenvalue weighted by Gasteiger charge is -2.21. The Labute approximate surface area is 103 Å². The summed E-state index contributed by atoms with van der Waals surface area (Å²) in [6.45, 7) is 2.92. The molecule has 1 aromatic heterocycles. The Morgan fingerprint density at radius 3 is 2.53 bits per heavy atom. The van der Waals surface area contributed by atoms with Crippen molar-refractivity contribution in [1.29, 1.82) is 0 Å². The SMILES string of the molecule is CCn1c(CO)nnc1CCC1CCCCC1. The zero-order valence-electron chi connectivity index (χ0n) is 10.7. The Hall–Kier alpha value is -0.900. The van der Waals surface area contributed by atoms with Gasteiger partial charge in [0.1, 0.15) is 12.4 Å². The molecular formula is C13H23N3O. The van der Waals surface area contributed by atoms with Crippen molar-refractivity contribution < 1.29 is 5.11 Å². The molecule has 0 atom stereocenters. The lowest BCUT2D eigenvalue weighted by Crippen LogP contribution is -2.11. The molecule has 0 bridgehead atoms. The molecule has 4 heteroatoms. The van der Waals surface area contributed by atoms with Gasteiger partial charge in [-0.05, 0) is 19.3 Å². The van der Waals surface area contributed by atoms with Gasteiger partial charge in [-0.1, -0.05) is 32.1 Å². The predicted molar refractivity (Wildman–Crippen MR) is 66.5 cm³/mol. The van der Waals surface area contributed by atoms with Crippen molar-refractivity contribution in [2.24, 2.45) is 5.92 Å². The van der Waals surface area contributed by atoms with Crippen LogP contribution < -0.4 is 0 Å². The number of aromatic nitrogens is 3. The van der Waals surface area contributed by atoms with Gasteiger partial charge in [0.2, 0.25) is 0 Å². The van der Waals surface area contributed by atoms with Gasteiger partial charge in [0.25, 0.3) is 0 Å². The average Bonchev–Trinajstić information content (AvgIpc) is 2.79. The number of hydrogen-bond acceptors (Lipinski definition) is 3.